The van der Waals surface area contributed by atoms with Gasteiger partial charge in [-0.3, -0.25) is 4.68 Å². The minimum Gasteiger partial charge on any atom is -0.497 e. The Labute approximate surface area is 135 Å². The first kappa shape index (κ1) is 15.3. The molecule has 0 saturated heterocycles. The van der Waals surface area contributed by atoms with Crippen LogP contribution in [0.5, 0.6) is 5.75 Å². The van der Waals surface area contributed by atoms with Gasteiger partial charge in [-0.1, -0.05) is 6.92 Å². The fourth-order valence-corrected chi connectivity index (χ4v) is 2.56. The van der Waals surface area contributed by atoms with Crippen LogP contribution in [0.3, 0.4) is 0 Å². The van der Waals surface area contributed by atoms with Crippen LogP contribution in [0.4, 0.5) is 11.5 Å². The molecule has 1 N–H and O–H groups in total. The predicted octanol–water partition coefficient (Wildman–Crippen LogP) is 3.47. The molecule has 1 aromatic carbocycles. The highest BCUT2D eigenvalue weighted by atomic mass is 16.5. The average Bonchev–Trinajstić information content (AvgIpc) is 2.92. The number of methoxy groups -OCH3 is 1. The first-order valence-corrected chi connectivity index (χ1v) is 7.81. The highest BCUT2D eigenvalue weighted by molar-refractivity contribution is 5.89. The van der Waals surface area contributed by atoms with Crippen LogP contribution in [0.15, 0.2) is 24.3 Å². The minimum atomic E-state index is 0.774. The second-order valence-electron chi connectivity index (χ2n) is 5.29. The highest BCUT2D eigenvalue weighted by Gasteiger charge is 2.15. The number of anilines is 2. The second-order valence-corrected chi connectivity index (χ2v) is 5.29. The van der Waals surface area contributed by atoms with Gasteiger partial charge in [0.15, 0.2) is 5.82 Å². The van der Waals surface area contributed by atoms with Crippen molar-refractivity contribution in [1.82, 2.24) is 19.7 Å². The first-order chi connectivity index (χ1) is 11.2. The number of ether oxygens (including phenoxy) is 1. The Kier molecular flexibility index (Phi) is 4.14. The van der Waals surface area contributed by atoms with Crippen molar-refractivity contribution in [3.8, 4) is 5.75 Å². The Morgan fingerprint density at radius 3 is 2.48 bits per heavy atom. The number of fused-ring (bicyclic) bond motifs is 1. The van der Waals surface area contributed by atoms with Crippen molar-refractivity contribution in [3.63, 3.8) is 0 Å². The molecule has 120 valence electrons. The number of hydrogen-bond donors (Lipinski definition) is 1. The third-order valence-electron chi connectivity index (χ3n) is 3.77. The maximum atomic E-state index is 5.20. The van der Waals surface area contributed by atoms with Crippen LogP contribution in [-0.2, 0) is 13.0 Å². The molecule has 0 aliphatic carbocycles. The van der Waals surface area contributed by atoms with E-state index in [1.54, 1.807) is 7.11 Å². The van der Waals surface area contributed by atoms with Gasteiger partial charge in [0.05, 0.1) is 12.8 Å². The quantitative estimate of drug-likeness (QED) is 0.781. The van der Waals surface area contributed by atoms with E-state index in [9.17, 15) is 0 Å². The summed E-state index contributed by atoms with van der Waals surface area (Å²) >= 11 is 0. The summed E-state index contributed by atoms with van der Waals surface area (Å²) in [6.45, 7) is 6.88. The molecule has 0 aliphatic heterocycles. The Balaban J connectivity index is 2.10. The van der Waals surface area contributed by atoms with Crippen molar-refractivity contribution in [2.75, 3.05) is 12.4 Å². The van der Waals surface area contributed by atoms with Crippen LogP contribution >= 0.6 is 0 Å². The topological polar surface area (TPSA) is 64.9 Å². The molecule has 0 spiro atoms. The molecule has 0 unspecified atom stereocenters. The van der Waals surface area contributed by atoms with E-state index in [4.69, 9.17) is 4.74 Å². The standard InChI is InChI=1S/C17H21N5O/c1-5-14-19-15-11(3)21-22(6-2)16(15)17(20-14)18-12-7-9-13(23-4)10-8-12/h7-10H,5-6H2,1-4H3,(H,18,19,20). The van der Waals surface area contributed by atoms with E-state index in [0.29, 0.717) is 0 Å². The molecule has 6 heteroatoms. The van der Waals surface area contributed by atoms with Gasteiger partial charge < -0.3 is 10.1 Å². The third kappa shape index (κ3) is 2.84. The van der Waals surface area contributed by atoms with E-state index < -0.39 is 0 Å². The lowest BCUT2D eigenvalue weighted by Gasteiger charge is -2.10. The monoisotopic (exact) mass is 311 g/mol. The summed E-state index contributed by atoms with van der Waals surface area (Å²) < 4.78 is 7.14. The summed E-state index contributed by atoms with van der Waals surface area (Å²) in [5.41, 5.74) is 3.74. The molecule has 23 heavy (non-hydrogen) atoms. The van der Waals surface area contributed by atoms with Crippen LogP contribution in [0.2, 0.25) is 0 Å². The normalized spacial score (nSPS) is 11.0. The van der Waals surface area contributed by atoms with E-state index in [0.717, 1.165) is 52.8 Å². The van der Waals surface area contributed by atoms with Crippen molar-refractivity contribution in [1.29, 1.82) is 0 Å². The van der Waals surface area contributed by atoms with Gasteiger partial charge in [0.25, 0.3) is 0 Å². The summed E-state index contributed by atoms with van der Waals surface area (Å²) in [5.74, 6) is 2.43. The molecule has 3 aromatic rings. The Morgan fingerprint density at radius 2 is 1.87 bits per heavy atom. The number of aryl methyl sites for hydroxylation is 3. The highest BCUT2D eigenvalue weighted by Crippen LogP contribution is 2.27. The third-order valence-corrected chi connectivity index (χ3v) is 3.77. The van der Waals surface area contributed by atoms with Crippen LogP contribution in [0, 0.1) is 6.92 Å². The van der Waals surface area contributed by atoms with E-state index in [2.05, 4.69) is 34.2 Å². The van der Waals surface area contributed by atoms with E-state index in [1.165, 1.54) is 0 Å². The first-order valence-electron chi connectivity index (χ1n) is 7.81. The van der Waals surface area contributed by atoms with E-state index in [1.807, 2.05) is 35.9 Å². The minimum absolute atomic E-state index is 0.774. The molecular weight excluding hydrogens is 290 g/mol. The lowest BCUT2D eigenvalue weighted by Crippen LogP contribution is -2.04. The summed E-state index contributed by atoms with van der Waals surface area (Å²) in [6.07, 6.45) is 0.782. The molecule has 3 rings (SSSR count). The fraction of sp³-hybridized carbons (Fsp3) is 0.353. The summed E-state index contributed by atoms with van der Waals surface area (Å²) in [6, 6.07) is 7.78. The van der Waals surface area contributed by atoms with Crippen LogP contribution in [0.25, 0.3) is 11.0 Å². The summed E-state index contributed by atoms with van der Waals surface area (Å²) in [4.78, 5) is 9.30. The lowest BCUT2D eigenvalue weighted by molar-refractivity contribution is 0.415. The van der Waals surface area contributed by atoms with Gasteiger partial charge in [-0.25, -0.2) is 9.97 Å². The molecule has 0 fully saturated rings. The maximum absolute atomic E-state index is 5.20. The molecule has 0 amide bonds. The van der Waals surface area contributed by atoms with Gasteiger partial charge in [-0.05, 0) is 38.1 Å². The zero-order valence-corrected chi connectivity index (χ0v) is 13.9. The maximum Gasteiger partial charge on any atom is 0.160 e. The zero-order valence-electron chi connectivity index (χ0n) is 13.9. The lowest BCUT2D eigenvalue weighted by atomic mass is 10.3. The van der Waals surface area contributed by atoms with Gasteiger partial charge in [0.2, 0.25) is 0 Å². The number of rotatable bonds is 5. The van der Waals surface area contributed by atoms with Gasteiger partial charge in [0, 0.05) is 18.7 Å². The Hall–Kier alpha value is -2.63. The second kappa shape index (κ2) is 6.24. The van der Waals surface area contributed by atoms with Crippen molar-refractivity contribution >= 4 is 22.5 Å². The van der Waals surface area contributed by atoms with Crippen LogP contribution in [-0.4, -0.2) is 26.9 Å². The van der Waals surface area contributed by atoms with Gasteiger partial charge in [-0.15, -0.1) is 0 Å². The Morgan fingerprint density at radius 1 is 1.13 bits per heavy atom. The summed E-state index contributed by atoms with van der Waals surface area (Å²) in [7, 11) is 1.66. The van der Waals surface area contributed by atoms with Crippen LogP contribution < -0.4 is 10.1 Å². The average molecular weight is 311 g/mol. The number of hydrogen-bond acceptors (Lipinski definition) is 5. The smallest absolute Gasteiger partial charge is 0.160 e. The van der Waals surface area contributed by atoms with Gasteiger partial charge in [-0.2, -0.15) is 5.10 Å². The zero-order chi connectivity index (χ0) is 16.4. The van der Waals surface area contributed by atoms with Crippen molar-refractivity contribution in [3.05, 3.63) is 35.8 Å². The fourth-order valence-electron chi connectivity index (χ4n) is 2.56. The molecule has 0 bridgehead atoms. The number of aromatic nitrogens is 4. The molecular formula is C17H21N5O. The predicted molar refractivity (Wildman–Crippen MR) is 91.4 cm³/mol. The number of benzene rings is 1. The van der Waals surface area contributed by atoms with E-state index in [-0.39, 0.29) is 0 Å². The molecule has 2 aromatic heterocycles. The number of nitrogens with one attached hydrogen (secondary N) is 1. The van der Waals surface area contributed by atoms with E-state index >= 15 is 0 Å². The molecule has 0 atom stereocenters. The van der Waals surface area contributed by atoms with Gasteiger partial charge >= 0.3 is 0 Å². The molecule has 0 aliphatic rings. The van der Waals surface area contributed by atoms with Crippen molar-refractivity contribution in [2.24, 2.45) is 0 Å². The summed E-state index contributed by atoms with van der Waals surface area (Å²) in [5, 5.41) is 7.96. The largest absolute Gasteiger partial charge is 0.497 e. The molecule has 0 saturated carbocycles. The van der Waals surface area contributed by atoms with Gasteiger partial charge in [0.1, 0.15) is 22.6 Å². The SMILES string of the molecule is CCc1nc(Nc2ccc(OC)cc2)c2c(n1)c(C)nn2CC. The van der Waals surface area contributed by atoms with Crippen LogP contribution in [0.1, 0.15) is 25.4 Å². The Bertz CT molecular complexity index is 823. The van der Waals surface area contributed by atoms with Crippen molar-refractivity contribution in [2.45, 2.75) is 33.7 Å². The number of nitrogens with zero attached hydrogens (tertiary/aromatic N) is 4. The molecule has 2 heterocycles. The van der Waals surface area contributed by atoms with Crippen molar-refractivity contribution < 1.29 is 4.74 Å². The molecule has 6 nitrogen and oxygen atoms in total. The molecule has 0 radical (unpaired) electrons.